The smallest absolute Gasteiger partial charge is 0.272 e. The van der Waals surface area contributed by atoms with E-state index >= 15 is 0 Å². The monoisotopic (exact) mass is 429 g/mol. The van der Waals surface area contributed by atoms with E-state index in [0.29, 0.717) is 12.2 Å². The molecular weight excluding hydrogens is 402 g/mol. The molecule has 0 radical (unpaired) electrons. The van der Waals surface area contributed by atoms with E-state index in [4.69, 9.17) is 0 Å². The number of hydrogen-bond donors (Lipinski definition) is 2. The Balaban J connectivity index is 1.45. The van der Waals surface area contributed by atoms with Crippen molar-refractivity contribution in [1.29, 1.82) is 0 Å². The fourth-order valence-electron chi connectivity index (χ4n) is 4.09. The van der Waals surface area contributed by atoms with Crippen LogP contribution in [-0.2, 0) is 17.8 Å². The maximum atomic E-state index is 13.0. The highest BCUT2D eigenvalue weighted by atomic mass is 32.1. The summed E-state index contributed by atoms with van der Waals surface area (Å²) in [6.07, 6.45) is 4.93. The Kier molecular flexibility index (Phi) is 5.64. The van der Waals surface area contributed by atoms with E-state index in [1.165, 1.54) is 20.5 Å². The number of carbonyl (C=O) groups is 3. The predicted molar refractivity (Wildman–Crippen MR) is 113 cm³/mol. The Hall–Kier alpha value is -2.68. The van der Waals surface area contributed by atoms with Crippen molar-refractivity contribution in [1.82, 2.24) is 25.3 Å². The van der Waals surface area contributed by atoms with Gasteiger partial charge in [0.1, 0.15) is 11.2 Å². The lowest BCUT2D eigenvalue weighted by molar-refractivity contribution is -0.133. The van der Waals surface area contributed by atoms with Crippen molar-refractivity contribution >= 4 is 29.1 Å². The normalized spacial score (nSPS) is 21.5. The van der Waals surface area contributed by atoms with Crippen LogP contribution >= 0.6 is 11.3 Å². The van der Waals surface area contributed by atoms with Crippen LogP contribution in [0.2, 0.25) is 0 Å². The summed E-state index contributed by atoms with van der Waals surface area (Å²) in [5, 5.41) is 12.3. The van der Waals surface area contributed by atoms with Crippen molar-refractivity contribution in [2.45, 2.75) is 57.2 Å². The molecule has 1 atom stereocenters. The Morgan fingerprint density at radius 3 is 2.80 bits per heavy atom. The molecule has 4 rings (SSSR count). The van der Waals surface area contributed by atoms with Gasteiger partial charge in [0.25, 0.3) is 11.8 Å². The standard InChI is InChI=1S/C21H27N5O3S/c1-21(20(29)23-14-6-3-4-7-14)13-26-17(19(28)25(21)2)12-16(24-26)18(27)22-10-9-15-8-5-11-30-15/h5,8,11-12,14H,3-4,6-7,9-10,13H2,1-2H3,(H,22,27)(H,23,29). The number of hydrogen-bond acceptors (Lipinski definition) is 5. The van der Waals surface area contributed by atoms with Crippen molar-refractivity contribution in [3.63, 3.8) is 0 Å². The third-order valence-corrected chi connectivity index (χ3v) is 7.09. The van der Waals surface area contributed by atoms with Crippen LogP contribution in [0.3, 0.4) is 0 Å². The first-order chi connectivity index (χ1) is 14.4. The summed E-state index contributed by atoms with van der Waals surface area (Å²) in [6.45, 7) is 2.46. The SMILES string of the molecule is CN1C(=O)c2cc(C(=O)NCCc3cccs3)nn2CC1(C)C(=O)NC1CCCC1. The van der Waals surface area contributed by atoms with Crippen LogP contribution < -0.4 is 10.6 Å². The van der Waals surface area contributed by atoms with Gasteiger partial charge in [-0.2, -0.15) is 5.10 Å². The van der Waals surface area contributed by atoms with Gasteiger partial charge in [-0.05, 0) is 37.6 Å². The van der Waals surface area contributed by atoms with E-state index in [-0.39, 0.29) is 36.0 Å². The predicted octanol–water partition coefficient (Wildman–Crippen LogP) is 1.82. The fraction of sp³-hybridized carbons (Fsp3) is 0.524. The van der Waals surface area contributed by atoms with E-state index in [0.717, 1.165) is 32.1 Å². The van der Waals surface area contributed by atoms with Gasteiger partial charge in [0.05, 0.1) is 6.54 Å². The van der Waals surface area contributed by atoms with Gasteiger partial charge in [0, 0.05) is 30.6 Å². The number of amides is 3. The quantitative estimate of drug-likeness (QED) is 0.732. The number of thiophene rings is 1. The van der Waals surface area contributed by atoms with Crippen molar-refractivity contribution in [2.75, 3.05) is 13.6 Å². The number of fused-ring (bicyclic) bond motifs is 1. The fourth-order valence-corrected chi connectivity index (χ4v) is 4.80. The molecule has 1 aliphatic heterocycles. The van der Waals surface area contributed by atoms with Crippen LogP contribution in [0, 0.1) is 0 Å². The lowest BCUT2D eigenvalue weighted by Gasteiger charge is -2.41. The minimum absolute atomic E-state index is 0.168. The van der Waals surface area contributed by atoms with E-state index in [9.17, 15) is 14.4 Å². The van der Waals surface area contributed by atoms with Crippen molar-refractivity contribution in [3.05, 3.63) is 39.8 Å². The minimum Gasteiger partial charge on any atom is -0.351 e. The van der Waals surface area contributed by atoms with E-state index in [1.807, 2.05) is 17.5 Å². The first-order valence-electron chi connectivity index (χ1n) is 10.4. The first-order valence-corrected chi connectivity index (χ1v) is 11.2. The molecule has 2 aliphatic rings. The number of carbonyl (C=O) groups excluding carboxylic acids is 3. The Bertz CT molecular complexity index is 948. The summed E-state index contributed by atoms with van der Waals surface area (Å²) in [5.74, 6) is -0.801. The molecule has 1 aliphatic carbocycles. The van der Waals surface area contributed by atoms with Crippen LogP contribution in [0.1, 0.15) is 58.5 Å². The molecule has 1 fully saturated rings. The van der Waals surface area contributed by atoms with Gasteiger partial charge < -0.3 is 15.5 Å². The molecule has 2 N–H and O–H groups in total. The van der Waals surface area contributed by atoms with Crippen LogP contribution in [-0.4, -0.2) is 57.6 Å². The second-order valence-corrected chi connectivity index (χ2v) is 9.28. The molecule has 30 heavy (non-hydrogen) atoms. The number of rotatable bonds is 6. The van der Waals surface area contributed by atoms with Gasteiger partial charge in [-0.25, -0.2) is 0 Å². The lowest BCUT2D eigenvalue weighted by atomic mass is 9.95. The number of likely N-dealkylation sites (N-methyl/N-ethyl adjacent to an activating group) is 1. The molecule has 0 saturated heterocycles. The number of aromatic nitrogens is 2. The zero-order valence-corrected chi connectivity index (χ0v) is 18.1. The second-order valence-electron chi connectivity index (χ2n) is 8.25. The molecule has 160 valence electrons. The summed E-state index contributed by atoms with van der Waals surface area (Å²) >= 11 is 1.65. The molecule has 0 bridgehead atoms. The summed E-state index contributed by atoms with van der Waals surface area (Å²) in [5.41, 5.74) is -0.531. The van der Waals surface area contributed by atoms with Crippen LogP contribution in [0.4, 0.5) is 0 Å². The molecule has 0 spiro atoms. The molecule has 2 aromatic rings. The molecule has 8 nitrogen and oxygen atoms in total. The Morgan fingerprint density at radius 2 is 2.10 bits per heavy atom. The highest BCUT2D eigenvalue weighted by Crippen LogP contribution is 2.27. The van der Waals surface area contributed by atoms with Crippen molar-refractivity contribution < 1.29 is 14.4 Å². The van der Waals surface area contributed by atoms with E-state index in [2.05, 4.69) is 15.7 Å². The van der Waals surface area contributed by atoms with Gasteiger partial charge >= 0.3 is 0 Å². The zero-order valence-electron chi connectivity index (χ0n) is 17.3. The van der Waals surface area contributed by atoms with Gasteiger partial charge in [0.15, 0.2) is 5.69 Å². The maximum absolute atomic E-state index is 13.0. The summed E-state index contributed by atoms with van der Waals surface area (Å²) in [7, 11) is 1.63. The van der Waals surface area contributed by atoms with E-state index in [1.54, 1.807) is 25.3 Å². The number of nitrogens with one attached hydrogen (secondary N) is 2. The summed E-state index contributed by atoms with van der Waals surface area (Å²) in [6, 6.07) is 5.68. The summed E-state index contributed by atoms with van der Waals surface area (Å²) < 4.78 is 1.49. The van der Waals surface area contributed by atoms with Gasteiger partial charge in [-0.1, -0.05) is 18.9 Å². The van der Waals surface area contributed by atoms with Crippen LogP contribution in [0.15, 0.2) is 23.6 Å². The average molecular weight is 430 g/mol. The summed E-state index contributed by atoms with van der Waals surface area (Å²) in [4.78, 5) is 41.1. The molecule has 0 aromatic carbocycles. The molecule has 1 unspecified atom stereocenters. The molecule has 3 amide bonds. The Morgan fingerprint density at radius 1 is 1.33 bits per heavy atom. The van der Waals surface area contributed by atoms with Crippen molar-refractivity contribution in [2.24, 2.45) is 0 Å². The van der Waals surface area contributed by atoms with Crippen molar-refractivity contribution in [3.8, 4) is 0 Å². The molecule has 1 saturated carbocycles. The average Bonchev–Trinajstić information content (AvgIpc) is 3.48. The number of nitrogens with zero attached hydrogens (tertiary/aromatic N) is 3. The second kappa shape index (κ2) is 8.22. The third kappa shape index (κ3) is 3.86. The lowest BCUT2D eigenvalue weighted by Crippen LogP contribution is -2.63. The highest BCUT2D eigenvalue weighted by Gasteiger charge is 2.46. The highest BCUT2D eigenvalue weighted by molar-refractivity contribution is 7.09. The Labute approximate surface area is 179 Å². The van der Waals surface area contributed by atoms with Gasteiger partial charge in [-0.3, -0.25) is 19.1 Å². The molecular formula is C21H27N5O3S. The molecule has 3 heterocycles. The maximum Gasteiger partial charge on any atom is 0.272 e. The van der Waals surface area contributed by atoms with E-state index < -0.39 is 5.54 Å². The van der Waals surface area contributed by atoms with Gasteiger partial charge in [-0.15, -0.1) is 11.3 Å². The minimum atomic E-state index is -1.05. The third-order valence-electron chi connectivity index (χ3n) is 6.15. The van der Waals surface area contributed by atoms with Crippen LogP contribution in [0.5, 0.6) is 0 Å². The molecule has 9 heteroatoms. The zero-order chi connectivity index (χ0) is 21.3. The van der Waals surface area contributed by atoms with Crippen LogP contribution in [0.25, 0.3) is 0 Å². The van der Waals surface area contributed by atoms with Gasteiger partial charge in [0.2, 0.25) is 5.91 Å². The molecule has 2 aromatic heterocycles. The first kappa shape index (κ1) is 20.6. The topological polar surface area (TPSA) is 96.3 Å². The largest absolute Gasteiger partial charge is 0.351 e.